The number of phenols is 1. The van der Waals surface area contributed by atoms with E-state index in [1.54, 1.807) is 12.1 Å². The summed E-state index contributed by atoms with van der Waals surface area (Å²) >= 11 is 0. The highest BCUT2D eigenvalue weighted by Crippen LogP contribution is 2.38. The average molecular weight is 248 g/mol. The zero-order valence-electron chi connectivity index (χ0n) is 10.7. The highest BCUT2D eigenvalue weighted by Gasteiger charge is 2.30. The Morgan fingerprint density at radius 3 is 2.89 bits per heavy atom. The van der Waals surface area contributed by atoms with Gasteiger partial charge in [0.1, 0.15) is 5.75 Å². The van der Waals surface area contributed by atoms with Gasteiger partial charge in [-0.15, -0.1) is 0 Å². The van der Waals surface area contributed by atoms with Crippen molar-refractivity contribution in [3.05, 3.63) is 29.3 Å². The molecule has 0 aromatic heterocycles. The molecule has 0 fully saturated rings. The lowest BCUT2D eigenvalue weighted by Gasteiger charge is -2.23. The number of carbonyl (C=O) groups is 1. The zero-order valence-corrected chi connectivity index (χ0v) is 10.7. The highest BCUT2D eigenvalue weighted by atomic mass is 16.4. The summed E-state index contributed by atoms with van der Waals surface area (Å²) < 4.78 is 0. The van der Waals surface area contributed by atoms with E-state index >= 15 is 0 Å². The monoisotopic (exact) mass is 248 g/mol. The fourth-order valence-corrected chi connectivity index (χ4v) is 3.05. The molecule has 1 aromatic rings. The maximum Gasteiger partial charge on any atom is 0.307 e. The molecule has 2 unspecified atom stereocenters. The second-order valence-corrected chi connectivity index (χ2v) is 5.09. The van der Waals surface area contributed by atoms with Crippen LogP contribution in [0.1, 0.15) is 49.7 Å². The number of aromatic hydroxyl groups is 1. The van der Waals surface area contributed by atoms with E-state index in [1.807, 2.05) is 13.0 Å². The van der Waals surface area contributed by atoms with Gasteiger partial charge in [-0.1, -0.05) is 19.4 Å². The van der Waals surface area contributed by atoms with Gasteiger partial charge < -0.3 is 10.2 Å². The summed E-state index contributed by atoms with van der Waals surface area (Å²) in [5, 5.41) is 18.9. The molecule has 98 valence electrons. The summed E-state index contributed by atoms with van der Waals surface area (Å²) in [6, 6.07) is 5.38. The van der Waals surface area contributed by atoms with Crippen molar-refractivity contribution in [3.8, 4) is 5.75 Å². The van der Waals surface area contributed by atoms with E-state index in [-0.39, 0.29) is 17.6 Å². The van der Waals surface area contributed by atoms with Gasteiger partial charge in [-0.2, -0.15) is 0 Å². The van der Waals surface area contributed by atoms with Gasteiger partial charge in [-0.25, -0.2) is 0 Å². The van der Waals surface area contributed by atoms with E-state index in [9.17, 15) is 15.0 Å². The largest absolute Gasteiger partial charge is 0.508 e. The van der Waals surface area contributed by atoms with Crippen molar-refractivity contribution in [1.29, 1.82) is 0 Å². The summed E-state index contributed by atoms with van der Waals surface area (Å²) in [6.45, 7) is 1.93. The van der Waals surface area contributed by atoms with Gasteiger partial charge in [-0.3, -0.25) is 4.79 Å². The Bertz CT molecular complexity index is 439. The number of hydrogen-bond acceptors (Lipinski definition) is 2. The number of carboxylic acids is 1. The number of benzene rings is 1. The van der Waals surface area contributed by atoms with Gasteiger partial charge in [0.25, 0.3) is 0 Å². The minimum atomic E-state index is -0.705. The number of aryl methyl sites for hydroxylation is 1. The van der Waals surface area contributed by atoms with Gasteiger partial charge in [0.2, 0.25) is 0 Å². The van der Waals surface area contributed by atoms with E-state index in [0.717, 1.165) is 36.8 Å². The third kappa shape index (κ3) is 2.50. The quantitative estimate of drug-likeness (QED) is 0.807. The van der Waals surface area contributed by atoms with E-state index < -0.39 is 5.97 Å². The maximum absolute atomic E-state index is 11.4. The lowest BCUT2D eigenvalue weighted by Crippen LogP contribution is -2.21. The normalized spacial score (nSPS) is 20.8. The molecular formula is C15H20O3. The summed E-state index contributed by atoms with van der Waals surface area (Å²) in [5.74, 6) is -0.654. The van der Waals surface area contributed by atoms with Gasteiger partial charge in [0.05, 0.1) is 5.92 Å². The lowest BCUT2D eigenvalue weighted by molar-refractivity contribution is -0.142. The maximum atomic E-state index is 11.4. The SMILES string of the molecule is CCC(C(=O)O)C1CCCCc2cc(O)ccc21. The van der Waals surface area contributed by atoms with Crippen molar-refractivity contribution in [2.24, 2.45) is 5.92 Å². The van der Waals surface area contributed by atoms with E-state index in [4.69, 9.17) is 0 Å². The van der Waals surface area contributed by atoms with Crippen LogP contribution >= 0.6 is 0 Å². The van der Waals surface area contributed by atoms with Crippen LogP contribution in [0, 0.1) is 5.92 Å². The molecule has 0 saturated carbocycles. The Morgan fingerprint density at radius 2 is 2.22 bits per heavy atom. The minimum absolute atomic E-state index is 0.0885. The standard InChI is InChI=1S/C15H20O3/c1-2-12(15(17)18)14-6-4-3-5-10-9-11(16)7-8-13(10)14/h7-9,12,14,16H,2-6H2,1H3,(H,17,18). The lowest BCUT2D eigenvalue weighted by atomic mass is 9.80. The minimum Gasteiger partial charge on any atom is -0.508 e. The number of hydrogen-bond donors (Lipinski definition) is 2. The van der Waals surface area contributed by atoms with E-state index in [2.05, 4.69) is 0 Å². The first kappa shape index (κ1) is 12.9. The van der Waals surface area contributed by atoms with Gasteiger partial charge >= 0.3 is 5.97 Å². The molecule has 1 aromatic carbocycles. The van der Waals surface area contributed by atoms with Crippen molar-refractivity contribution >= 4 is 5.97 Å². The molecular weight excluding hydrogens is 228 g/mol. The molecule has 0 spiro atoms. The predicted octanol–water partition coefficient (Wildman–Crippen LogP) is 3.31. The Labute approximate surface area is 107 Å². The molecule has 2 N–H and O–H groups in total. The van der Waals surface area contributed by atoms with Gasteiger partial charge in [0.15, 0.2) is 0 Å². The van der Waals surface area contributed by atoms with Crippen LogP contribution in [0.5, 0.6) is 5.75 Å². The number of carboxylic acid groups (broad SMARTS) is 1. The van der Waals surface area contributed by atoms with E-state index in [0.29, 0.717) is 6.42 Å². The van der Waals surface area contributed by atoms with E-state index in [1.165, 1.54) is 0 Å². The molecule has 3 nitrogen and oxygen atoms in total. The number of rotatable bonds is 3. The van der Waals surface area contributed by atoms with Crippen molar-refractivity contribution in [1.82, 2.24) is 0 Å². The average Bonchev–Trinajstić information content (AvgIpc) is 2.52. The number of fused-ring (bicyclic) bond motifs is 1. The third-order valence-corrected chi connectivity index (χ3v) is 3.98. The molecule has 3 heteroatoms. The summed E-state index contributed by atoms with van der Waals surface area (Å²) in [7, 11) is 0. The first-order valence-electron chi connectivity index (χ1n) is 6.68. The molecule has 18 heavy (non-hydrogen) atoms. The molecule has 0 heterocycles. The van der Waals surface area contributed by atoms with Crippen LogP contribution in [0.4, 0.5) is 0 Å². The van der Waals surface area contributed by atoms with Crippen molar-refractivity contribution in [2.45, 2.75) is 44.9 Å². The summed E-state index contributed by atoms with van der Waals surface area (Å²) in [4.78, 5) is 11.4. The fourth-order valence-electron chi connectivity index (χ4n) is 3.05. The smallest absolute Gasteiger partial charge is 0.307 e. The molecule has 0 bridgehead atoms. The first-order valence-corrected chi connectivity index (χ1v) is 6.68. The number of phenolic OH excluding ortho intramolecular Hbond substituents is 1. The summed E-state index contributed by atoms with van der Waals surface area (Å²) in [6.07, 6.45) is 4.66. The Kier molecular flexibility index (Phi) is 3.90. The zero-order chi connectivity index (χ0) is 13.1. The topological polar surface area (TPSA) is 57.5 Å². The van der Waals surface area contributed by atoms with Crippen LogP contribution < -0.4 is 0 Å². The molecule has 0 amide bonds. The Morgan fingerprint density at radius 1 is 1.44 bits per heavy atom. The number of aliphatic carboxylic acids is 1. The van der Waals surface area contributed by atoms with Crippen LogP contribution in [0.3, 0.4) is 0 Å². The highest BCUT2D eigenvalue weighted by molar-refractivity contribution is 5.71. The van der Waals surface area contributed by atoms with Crippen molar-refractivity contribution in [3.63, 3.8) is 0 Å². The second-order valence-electron chi connectivity index (χ2n) is 5.09. The molecule has 1 aliphatic rings. The van der Waals surface area contributed by atoms with Crippen molar-refractivity contribution in [2.75, 3.05) is 0 Å². The predicted molar refractivity (Wildman–Crippen MR) is 69.8 cm³/mol. The molecule has 0 aliphatic heterocycles. The fraction of sp³-hybridized carbons (Fsp3) is 0.533. The van der Waals surface area contributed by atoms with Crippen LogP contribution in [-0.4, -0.2) is 16.2 Å². The molecule has 1 aliphatic carbocycles. The molecule has 2 rings (SSSR count). The van der Waals surface area contributed by atoms with Crippen LogP contribution in [0.15, 0.2) is 18.2 Å². The Balaban J connectivity index is 2.40. The second kappa shape index (κ2) is 5.42. The molecule has 2 atom stereocenters. The molecule has 0 radical (unpaired) electrons. The summed E-state index contributed by atoms with van der Waals surface area (Å²) in [5.41, 5.74) is 2.25. The third-order valence-electron chi connectivity index (χ3n) is 3.98. The van der Waals surface area contributed by atoms with Crippen molar-refractivity contribution < 1.29 is 15.0 Å². The van der Waals surface area contributed by atoms with Gasteiger partial charge in [0, 0.05) is 0 Å². The van der Waals surface area contributed by atoms with Crippen LogP contribution in [-0.2, 0) is 11.2 Å². The molecule has 0 saturated heterocycles. The van der Waals surface area contributed by atoms with Crippen LogP contribution in [0.2, 0.25) is 0 Å². The van der Waals surface area contributed by atoms with Gasteiger partial charge in [-0.05, 0) is 54.9 Å². The van der Waals surface area contributed by atoms with Crippen LogP contribution in [0.25, 0.3) is 0 Å². The Hall–Kier alpha value is -1.51. The first-order chi connectivity index (χ1) is 8.63.